The zero-order valence-electron chi connectivity index (χ0n) is 30.4. The highest BCUT2D eigenvalue weighted by Crippen LogP contribution is 2.46. The number of hydrogen-bond acceptors (Lipinski definition) is 5. The molecule has 0 aliphatic heterocycles. The van der Waals surface area contributed by atoms with Gasteiger partial charge in [0.2, 0.25) is 0 Å². The van der Waals surface area contributed by atoms with Gasteiger partial charge in [-0.05, 0) is 65.7 Å². The highest BCUT2D eigenvalue weighted by atomic mass is 32.1. The maximum atomic E-state index is 6.19. The van der Waals surface area contributed by atoms with Gasteiger partial charge in [0.15, 0.2) is 17.5 Å². The van der Waals surface area contributed by atoms with E-state index in [9.17, 15) is 0 Å². The van der Waals surface area contributed by atoms with Crippen LogP contribution in [-0.4, -0.2) is 19.5 Å². The van der Waals surface area contributed by atoms with Crippen LogP contribution in [0.3, 0.4) is 0 Å². The van der Waals surface area contributed by atoms with E-state index in [0.717, 1.165) is 65.7 Å². The van der Waals surface area contributed by atoms with Crippen LogP contribution in [0, 0.1) is 0 Å². The molecular formula is C51H30N4OS. The van der Waals surface area contributed by atoms with Gasteiger partial charge in [0.05, 0.1) is 11.0 Å². The molecule has 0 saturated carbocycles. The second-order valence-electron chi connectivity index (χ2n) is 14.4. The Balaban J connectivity index is 1.12. The van der Waals surface area contributed by atoms with Crippen LogP contribution >= 0.6 is 11.3 Å². The van der Waals surface area contributed by atoms with E-state index in [1.165, 1.54) is 31.8 Å². The summed E-state index contributed by atoms with van der Waals surface area (Å²) in [6.07, 6.45) is 0. The number of benzene rings is 8. The molecule has 0 unspecified atom stereocenters. The molecule has 0 saturated heterocycles. The van der Waals surface area contributed by atoms with Crippen molar-refractivity contribution in [1.29, 1.82) is 0 Å². The van der Waals surface area contributed by atoms with E-state index < -0.39 is 0 Å². The Morgan fingerprint density at radius 2 is 0.965 bits per heavy atom. The van der Waals surface area contributed by atoms with Gasteiger partial charge in [-0.1, -0.05) is 127 Å². The SMILES string of the molecule is c1ccc(-c2nc(-c3ccccc3)nc(-c3cccc4c3sc3c4ccc4c3c3cc(-c5ccc6oc7ccccc7c6c5)ccc3n4-c3ccccc3)n2)cc1. The summed E-state index contributed by atoms with van der Waals surface area (Å²) in [5.74, 6) is 1.97. The van der Waals surface area contributed by atoms with Crippen LogP contribution in [0.25, 0.3) is 115 Å². The van der Waals surface area contributed by atoms with E-state index in [1.54, 1.807) is 0 Å². The number of rotatable bonds is 5. The summed E-state index contributed by atoms with van der Waals surface area (Å²) in [7, 11) is 0. The molecule has 0 aliphatic carbocycles. The molecule has 4 aromatic heterocycles. The molecule has 0 radical (unpaired) electrons. The first-order chi connectivity index (χ1) is 28.2. The molecule has 0 amide bonds. The largest absolute Gasteiger partial charge is 0.456 e. The van der Waals surface area contributed by atoms with Gasteiger partial charge >= 0.3 is 0 Å². The number of fused-ring (bicyclic) bond motifs is 10. The first-order valence-electron chi connectivity index (χ1n) is 19.0. The van der Waals surface area contributed by atoms with E-state index in [2.05, 4.69) is 138 Å². The van der Waals surface area contributed by atoms with Gasteiger partial charge in [0.1, 0.15) is 11.2 Å². The zero-order chi connectivity index (χ0) is 37.5. The third-order valence-corrected chi connectivity index (χ3v) is 12.3. The minimum absolute atomic E-state index is 0.653. The first-order valence-corrected chi connectivity index (χ1v) is 19.8. The predicted molar refractivity (Wildman–Crippen MR) is 236 cm³/mol. The van der Waals surface area contributed by atoms with Crippen molar-refractivity contribution in [2.45, 2.75) is 0 Å². The van der Waals surface area contributed by atoms with Crippen LogP contribution in [-0.2, 0) is 0 Å². The lowest BCUT2D eigenvalue weighted by atomic mass is 10.00. The van der Waals surface area contributed by atoms with Crippen LogP contribution in [0.2, 0.25) is 0 Å². The second-order valence-corrected chi connectivity index (χ2v) is 15.4. The summed E-state index contributed by atoms with van der Waals surface area (Å²) in [4.78, 5) is 15.2. The number of nitrogens with zero attached hydrogens (tertiary/aromatic N) is 4. The van der Waals surface area contributed by atoms with Gasteiger partial charge in [0, 0.05) is 64.1 Å². The Hall–Kier alpha value is -7.41. The summed E-state index contributed by atoms with van der Waals surface area (Å²) in [6, 6.07) is 63.8. The van der Waals surface area contributed by atoms with Gasteiger partial charge in [0.25, 0.3) is 0 Å². The van der Waals surface area contributed by atoms with Crippen molar-refractivity contribution >= 4 is 75.3 Å². The summed E-state index contributed by atoms with van der Waals surface area (Å²) in [6.45, 7) is 0. The fourth-order valence-electron chi connectivity index (χ4n) is 8.40. The van der Waals surface area contributed by atoms with Crippen molar-refractivity contribution in [3.8, 4) is 51.0 Å². The van der Waals surface area contributed by atoms with Crippen molar-refractivity contribution < 1.29 is 4.42 Å². The van der Waals surface area contributed by atoms with Crippen LogP contribution in [0.4, 0.5) is 0 Å². The third-order valence-electron chi connectivity index (χ3n) is 11.1. The molecule has 57 heavy (non-hydrogen) atoms. The minimum atomic E-state index is 0.653. The first kappa shape index (κ1) is 31.9. The van der Waals surface area contributed by atoms with E-state index >= 15 is 0 Å². The van der Waals surface area contributed by atoms with Gasteiger partial charge in [-0.25, -0.2) is 15.0 Å². The Bertz CT molecular complexity index is 3460. The lowest BCUT2D eigenvalue weighted by Gasteiger charge is -2.09. The fraction of sp³-hybridized carbons (Fsp3) is 0. The Morgan fingerprint density at radius 3 is 1.72 bits per heavy atom. The molecule has 0 bridgehead atoms. The van der Waals surface area contributed by atoms with E-state index in [1.807, 2.05) is 59.9 Å². The van der Waals surface area contributed by atoms with Crippen molar-refractivity contribution in [2.24, 2.45) is 0 Å². The number of aromatic nitrogens is 4. The Kier molecular flexibility index (Phi) is 7.03. The summed E-state index contributed by atoms with van der Waals surface area (Å²) in [5, 5.41) is 7.10. The third kappa shape index (κ3) is 5.04. The van der Waals surface area contributed by atoms with Crippen LogP contribution < -0.4 is 0 Å². The highest BCUT2D eigenvalue weighted by molar-refractivity contribution is 7.27. The van der Waals surface area contributed by atoms with Crippen molar-refractivity contribution in [3.05, 3.63) is 182 Å². The van der Waals surface area contributed by atoms with Crippen molar-refractivity contribution in [3.63, 3.8) is 0 Å². The Labute approximate surface area is 330 Å². The van der Waals surface area contributed by atoms with Crippen LogP contribution in [0.15, 0.2) is 186 Å². The number of furan rings is 1. The van der Waals surface area contributed by atoms with Gasteiger partial charge < -0.3 is 8.98 Å². The Morgan fingerprint density at radius 1 is 0.386 bits per heavy atom. The van der Waals surface area contributed by atoms with Crippen molar-refractivity contribution in [1.82, 2.24) is 19.5 Å². The fourth-order valence-corrected chi connectivity index (χ4v) is 9.77. The van der Waals surface area contributed by atoms with Gasteiger partial charge in [-0.15, -0.1) is 11.3 Å². The molecule has 8 aromatic carbocycles. The molecule has 5 nitrogen and oxygen atoms in total. The molecule has 0 N–H and O–H groups in total. The zero-order valence-corrected chi connectivity index (χ0v) is 31.2. The molecule has 0 spiro atoms. The maximum absolute atomic E-state index is 6.19. The standard InChI is InChI=1S/C51H30N4OS/c1-4-13-31(14-5-1)49-52-50(32-15-6-2-7-16-32)54-51(53-49)39-21-12-20-37-38-25-27-43-46(48(38)57-47(37)39)41-30-33(23-26-42(41)55(43)35-17-8-3-9-18-35)34-24-28-45-40(29-34)36-19-10-11-22-44(36)56-45/h1-30H. The maximum Gasteiger partial charge on any atom is 0.165 e. The molecule has 4 heterocycles. The summed E-state index contributed by atoms with van der Waals surface area (Å²) >= 11 is 1.82. The number of para-hydroxylation sites is 2. The summed E-state index contributed by atoms with van der Waals surface area (Å²) < 4.78 is 11.0. The van der Waals surface area contributed by atoms with Gasteiger partial charge in [-0.3, -0.25) is 0 Å². The monoisotopic (exact) mass is 746 g/mol. The van der Waals surface area contributed by atoms with Crippen LogP contribution in [0.1, 0.15) is 0 Å². The normalized spacial score (nSPS) is 11.9. The molecule has 0 aliphatic rings. The predicted octanol–water partition coefficient (Wildman–Crippen LogP) is 13.9. The average Bonchev–Trinajstić information content (AvgIpc) is 3.96. The van der Waals surface area contributed by atoms with E-state index in [4.69, 9.17) is 19.4 Å². The van der Waals surface area contributed by atoms with Gasteiger partial charge in [-0.2, -0.15) is 0 Å². The molecule has 0 atom stereocenters. The van der Waals surface area contributed by atoms with E-state index in [0.29, 0.717) is 17.5 Å². The van der Waals surface area contributed by atoms with Crippen molar-refractivity contribution in [2.75, 3.05) is 0 Å². The average molecular weight is 747 g/mol. The summed E-state index contributed by atoms with van der Waals surface area (Å²) in [5.41, 5.74) is 10.5. The molecule has 6 heteroatoms. The number of hydrogen-bond donors (Lipinski definition) is 0. The molecule has 266 valence electrons. The lowest BCUT2D eigenvalue weighted by molar-refractivity contribution is 0.669. The van der Waals surface area contributed by atoms with Crippen LogP contribution in [0.5, 0.6) is 0 Å². The van der Waals surface area contributed by atoms with E-state index in [-0.39, 0.29) is 0 Å². The quantitative estimate of drug-likeness (QED) is 0.176. The number of thiophene rings is 1. The highest BCUT2D eigenvalue weighted by Gasteiger charge is 2.21. The molecule has 0 fully saturated rings. The molecular weight excluding hydrogens is 717 g/mol. The molecule has 12 aromatic rings. The second kappa shape index (κ2) is 12.6. The smallest absolute Gasteiger partial charge is 0.165 e. The molecule has 12 rings (SSSR count). The lowest BCUT2D eigenvalue weighted by Crippen LogP contribution is -2.00. The topological polar surface area (TPSA) is 56.7 Å². The minimum Gasteiger partial charge on any atom is -0.456 e.